The number of amides is 2. The van der Waals surface area contributed by atoms with Crippen molar-refractivity contribution in [3.63, 3.8) is 0 Å². The molecule has 1 atom stereocenters. The molecule has 2 aromatic carbocycles. The van der Waals surface area contributed by atoms with Crippen molar-refractivity contribution < 1.29 is 18.5 Å². The number of nitrogens with zero attached hydrogens (tertiary/aromatic N) is 3. The van der Waals surface area contributed by atoms with Crippen LogP contribution in [0.3, 0.4) is 0 Å². The summed E-state index contributed by atoms with van der Waals surface area (Å²) >= 11 is 1.52. The van der Waals surface area contributed by atoms with Gasteiger partial charge in [0.1, 0.15) is 11.5 Å². The summed E-state index contributed by atoms with van der Waals surface area (Å²) < 4.78 is 18.8. The van der Waals surface area contributed by atoms with Crippen LogP contribution in [0.15, 0.2) is 53.1 Å². The summed E-state index contributed by atoms with van der Waals surface area (Å²) in [6, 6.07) is 13.2. The number of carbonyl (C=O) groups is 2. The largest absolute Gasteiger partial charge is 0.355 e. The second kappa shape index (κ2) is 8.88. The first kappa shape index (κ1) is 21.9. The Morgan fingerprint density at radius 3 is 2.66 bits per heavy atom. The van der Waals surface area contributed by atoms with Gasteiger partial charge in [0, 0.05) is 25.0 Å². The second-order valence-corrected chi connectivity index (χ2v) is 10.1. The number of fused-ring (bicyclic) bond motifs is 1. The fraction of sp³-hybridized carbons (Fsp3) is 0.308. The van der Waals surface area contributed by atoms with Crippen LogP contribution in [0.4, 0.5) is 4.39 Å². The minimum absolute atomic E-state index is 0.154. The first-order valence-electron chi connectivity index (χ1n) is 11.8. The number of nitrogens with one attached hydrogen (secondary N) is 1. The molecule has 0 radical (unpaired) electrons. The number of hydrogen-bond acceptors (Lipinski definition) is 6. The first-order valence-corrected chi connectivity index (χ1v) is 12.6. The van der Waals surface area contributed by atoms with Crippen molar-refractivity contribution in [2.75, 3.05) is 13.1 Å². The number of aromatic nitrogens is 2. The lowest BCUT2D eigenvalue weighted by Gasteiger charge is -2.32. The predicted octanol–water partition coefficient (Wildman–Crippen LogP) is 5.00. The Morgan fingerprint density at radius 2 is 1.86 bits per heavy atom. The Hall–Kier alpha value is -3.59. The van der Waals surface area contributed by atoms with Crippen LogP contribution in [-0.2, 0) is 0 Å². The topological polar surface area (TPSA) is 88.3 Å². The molecule has 0 spiro atoms. The average Bonchev–Trinajstić information content (AvgIpc) is 3.48. The van der Waals surface area contributed by atoms with Crippen LogP contribution in [0.2, 0.25) is 0 Å². The van der Waals surface area contributed by atoms with Crippen LogP contribution in [-0.4, -0.2) is 46.0 Å². The van der Waals surface area contributed by atoms with Crippen LogP contribution in [0, 0.1) is 5.82 Å². The zero-order valence-electron chi connectivity index (χ0n) is 18.9. The van der Waals surface area contributed by atoms with Gasteiger partial charge in [-0.2, -0.15) is 0 Å². The molecule has 2 aliphatic rings. The van der Waals surface area contributed by atoms with Crippen molar-refractivity contribution in [3.05, 3.63) is 70.7 Å². The van der Waals surface area contributed by atoms with Crippen molar-refractivity contribution in [2.45, 2.75) is 37.6 Å². The third kappa shape index (κ3) is 4.32. The van der Waals surface area contributed by atoms with Crippen molar-refractivity contribution in [3.8, 4) is 10.4 Å². The molecule has 2 aromatic heterocycles. The van der Waals surface area contributed by atoms with E-state index >= 15 is 0 Å². The van der Waals surface area contributed by atoms with Gasteiger partial charge < -0.3 is 14.7 Å². The molecular weight excluding hydrogens is 467 g/mol. The van der Waals surface area contributed by atoms with E-state index < -0.39 is 0 Å². The van der Waals surface area contributed by atoms with Crippen molar-refractivity contribution >= 4 is 34.1 Å². The van der Waals surface area contributed by atoms with Gasteiger partial charge in [-0.05, 0) is 55.5 Å². The standard InChI is InChI=1S/C26H23FN4O3S/c27-17-11-9-15(10-12-17)23-22(29-25(35-23)16-7-8-16)26(33)31-13-3-4-18(14-31)28-24(32)21-19-5-1-2-6-20(19)34-30-21/h1-2,5-6,9-12,16,18H,3-4,7-8,13-14H2,(H,28,32). The lowest BCUT2D eigenvalue weighted by Crippen LogP contribution is -2.49. The number of hydrogen-bond donors (Lipinski definition) is 1. The van der Waals surface area contributed by atoms with Gasteiger partial charge in [0.25, 0.3) is 11.8 Å². The highest BCUT2D eigenvalue weighted by molar-refractivity contribution is 7.15. The molecular formula is C26H23FN4O3S. The van der Waals surface area contributed by atoms with Gasteiger partial charge in [-0.3, -0.25) is 9.59 Å². The van der Waals surface area contributed by atoms with Crippen molar-refractivity contribution in [2.24, 2.45) is 0 Å². The minimum Gasteiger partial charge on any atom is -0.355 e. The van der Waals surface area contributed by atoms with Crippen LogP contribution >= 0.6 is 11.3 Å². The van der Waals surface area contributed by atoms with Crippen LogP contribution < -0.4 is 5.32 Å². The number of rotatable bonds is 5. The number of halogens is 1. The van der Waals surface area contributed by atoms with E-state index in [9.17, 15) is 14.0 Å². The molecule has 4 aromatic rings. The number of carbonyl (C=O) groups excluding carboxylic acids is 2. The summed E-state index contributed by atoms with van der Waals surface area (Å²) in [5.74, 6) is -0.376. The summed E-state index contributed by atoms with van der Waals surface area (Å²) in [5, 5.41) is 8.58. The number of benzene rings is 2. The molecule has 7 nitrogen and oxygen atoms in total. The van der Waals surface area contributed by atoms with Gasteiger partial charge in [-0.15, -0.1) is 11.3 Å². The highest BCUT2D eigenvalue weighted by Crippen LogP contribution is 2.45. The van der Waals surface area contributed by atoms with E-state index in [1.807, 2.05) is 12.1 Å². The smallest absolute Gasteiger partial charge is 0.274 e. The zero-order chi connectivity index (χ0) is 23.9. The van der Waals surface area contributed by atoms with Gasteiger partial charge in [-0.25, -0.2) is 9.37 Å². The molecule has 6 rings (SSSR count). The van der Waals surface area contributed by atoms with E-state index in [0.717, 1.165) is 41.1 Å². The quantitative estimate of drug-likeness (QED) is 0.425. The van der Waals surface area contributed by atoms with Crippen molar-refractivity contribution in [1.82, 2.24) is 20.4 Å². The highest BCUT2D eigenvalue weighted by atomic mass is 32.1. The van der Waals surface area contributed by atoms with E-state index in [4.69, 9.17) is 9.51 Å². The van der Waals surface area contributed by atoms with E-state index in [0.29, 0.717) is 35.7 Å². The zero-order valence-corrected chi connectivity index (χ0v) is 19.7. The number of piperidine rings is 1. The van der Waals surface area contributed by atoms with E-state index in [-0.39, 0.29) is 29.4 Å². The van der Waals surface area contributed by atoms with Gasteiger partial charge >= 0.3 is 0 Å². The summed E-state index contributed by atoms with van der Waals surface area (Å²) in [7, 11) is 0. The number of para-hydroxylation sites is 1. The summed E-state index contributed by atoms with van der Waals surface area (Å²) in [6.07, 6.45) is 3.69. The second-order valence-electron chi connectivity index (χ2n) is 9.10. The van der Waals surface area contributed by atoms with Crippen LogP contribution in [0.25, 0.3) is 21.4 Å². The number of likely N-dealkylation sites (tertiary alicyclic amines) is 1. The first-order chi connectivity index (χ1) is 17.1. The van der Waals surface area contributed by atoms with Crippen LogP contribution in [0.1, 0.15) is 57.6 Å². The predicted molar refractivity (Wildman–Crippen MR) is 130 cm³/mol. The molecule has 35 heavy (non-hydrogen) atoms. The normalized spacial score (nSPS) is 18.1. The Balaban J connectivity index is 1.21. The van der Waals surface area contributed by atoms with E-state index in [1.165, 1.54) is 23.5 Å². The Labute approximate surface area is 204 Å². The number of thiazole rings is 1. The van der Waals surface area contributed by atoms with Crippen LogP contribution in [0.5, 0.6) is 0 Å². The average molecular weight is 491 g/mol. The van der Waals surface area contributed by atoms with Gasteiger partial charge in [0.15, 0.2) is 11.3 Å². The highest BCUT2D eigenvalue weighted by Gasteiger charge is 2.33. The Morgan fingerprint density at radius 1 is 1.06 bits per heavy atom. The fourth-order valence-corrected chi connectivity index (χ4v) is 5.75. The lowest BCUT2D eigenvalue weighted by molar-refractivity contribution is 0.0671. The van der Waals surface area contributed by atoms with E-state index in [1.54, 1.807) is 29.2 Å². The summed E-state index contributed by atoms with van der Waals surface area (Å²) in [5.41, 5.74) is 2.01. The molecule has 2 fully saturated rings. The molecule has 1 N–H and O–H groups in total. The molecule has 9 heteroatoms. The molecule has 3 heterocycles. The molecule has 1 saturated heterocycles. The molecule has 1 aliphatic heterocycles. The molecule has 0 bridgehead atoms. The minimum atomic E-state index is -0.317. The third-order valence-corrected chi connectivity index (χ3v) is 7.78. The van der Waals surface area contributed by atoms with Gasteiger partial charge in [0.05, 0.1) is 15.3 Å². The van der Waals surface area contributed by atoms with Gasteiger partial charge in [-0.1, -0.05) is 29.4 Å². The summed E-state index contributed by atoms with van der Waals surface area (Å²) in [6.45, 7) is 0.983. The van der Waals surface area contributed by atoms with E-state index in [2.05, 4.69) is 10.5 Å². The summed E-state index contributed by atoms with van der Waals surface area (Å²) in [4.78, 5) is 33.8. The monoisotopic (exact) mass is 490 g/mol. The Bertz CT molecular complexity index is 1410. The maximum atomic E-state index is 13.6. The third-order valence-electron chi connectivity index (χ3n) is 6.52. The lowest BCUT2D eigenvalue weighted by atomic mass is 10.0. The Kier molecular flexibility index (Phi) is 5.56. The van der Waals surface area contributed by atoms with Gasteiger partial charge in [0.2, 0.25) is 0 Å². The molecule has 1 unspecified atom stereocenters. The molecule has 1 saturated carbocycles. The van der Waals surface area contributed by atoms with Crippen molar-refractivity contribution in [1.29, 1.82) is 0 Å². The maximum Gasteiger partial charge on any atom is 0.274 e. The molecule has 1 aliphatic carbocycles. The fourth-order valence-electron chi connectivity index (χ4n) is 4.52. The molecule has 2 amide bonds. The molecule has 178 valence electrons. The maximum absolute atomic E-state index is 13.6. The SMILES string of the molecule is O=C(NC1CCCN(C(=O)c2nc(C3CC3)sc2-c2ccc(F)cc2)C1)c1noc2ccccc12.